The van der Waals surface area contributed by atoms with Crippen molar-refractivity contribution in [3.8, 4) is 5.88 Å². The van der Waals surface area contributed by atoms with Crippen LogP contribution in [0.2, 0.25) is 0 Å². The molecule has 0 aromatic carbocycles. The first-order chi connectivity index (χ1) is 7.04. The van der Waals surface area contributed by atoms with Crippen molar-refractivity contribution in [1.29, 1.82) is 0 Å². The highest BCUT2D eigenvalue weighted by Crippen LogP contribution is 2.20. The largest absolute Gasteiger partial charge is 0.470 e. The SMILES string of the molecule is CS(=O)(=O)Cc1cn[nH]c1OC1COC1. The molecule has 0 radical (unpaired) electrons. The summed E-state index contributed by atoms with van der Waals surface area (Å²) in [4.78, 5) is 0. The lowest BCUT2D eigenvalue weighted by Crippen LogP contribution is -2.38. The highest BCUT2D eigenvalue weighted by Gasteiger charge is 2.23. The van der Waals surface area contributed by atoms with Crippen molar-refractivity contribution >= 4 is 9.84 Å². The molecule has 15 heavy (non-hydrogen) atoms. The maximum atomic E-state index is 11.1. The van der Waals surface area contributed by atoms with E-state index in [9.17, 15) is 8.42 Å². The van der Waals surface area contributed by atoms with Crippen molar-refractivity contribution in [1.82, 2.24) is 10.2 Å². The summed E-state index contributed by atoms with van der Waals surface area (Å²) in [5.74, 6) is 0.362. The third kappa shape index (κ3) is 2.69. The first-order valence-electron chi connectivity index (χ1n) is 4.49. The molecule has 1 aliphatic heterocycles. The molecule has 0 amide bonds. The predicted molar refractivity (Wildman–Crippen MR) is 52.4 cm³/mol. The lowest BCUT2D eigenvalue weighted by Gasteiger charge is -2.26. The van der Waals surface area contributed by atoms with Crippen LogP contribution in [0.5, 0.6) is 5.88 Å². The molecule has 0 bridgehead atoms. The number of hydrogen-bond acceptors (Lipinski definition) is 5. The Morgan fingerprint density at radius 2 is 2.40 bits per heavy atom. The maximum absolute atomic E-state index is 11.1. The fourth-order valence-electron chi connectivity index (χ4n) is 1.24. The Hall–Kier alpha value is -1.08. The van der Waals surface area contributed by atoms with Crippen LogP contribution >= 0.6 is 0 Å². The molecule has 0 aliphatic carbocycles. The van der Waals surface area contributed by atoms with Gasteiger partial charge in [-0.15, -0.1) is 0 Å². The lowest BCUT2D eigenvalue weighted by atomic mass is 10.3. The van der Waals surface area contributed by atoms with E-state index < -0.39 is 9.84 Å². The van der Waals surface area contributed by atoms with Crippen LogP contribution in [-0.4, -0.2) is 44.2 Å². The zero-order valence-corrected chi connectivity index (χ0v) is 9.08. The third-order valence-electron chi connectivity index (χ3n) is 1.99. The van der Waals surface area contributed by atoms with Crippen molar-refractivity contribution in [2.45, 2.75) is 11.9 Å². The topological polar surface area (TPSA) is 81.3 Å². The van der Waals surface area contributed by atoms with Crippen LogP contribution in [0.1, 0.15) is 5.56 Å². The Kier molecular flexibility index (Phi) is 2.66. The molecular weight excluding hydrogens is 220 g/mol. The van der Waals surface area contributed by atoms with Gasteiger partial charge in [0.05, 0.1) is 25.2 Å². The number of aromatic amines is 1. The maximum Gasteiger partial charge on any atom is 0.213 e. The number of nitrogens with one attached hydrogen (secondary N) is 1. The molecule has 1 fully saturated rings. The first kappa shape index (κ1) is 10.4. The van der Waals surface area contributed by atoms with E-state index in [2.05, 4.69) is 10.2 Å². The van der Waals surface area contributed by atoms with Gasteiger partial charge in [0.15, 0.2) is 9.84 Å². The minimum absolute atomic E-state index is 0.00348. The molecule has 0 saturated carbocycles. The fourth-order valence-corrected chi connectivity index (χ4v) is 2.01. The van der Waals surface area contributed by atoms with Gasteiger partial charge in [0.1, 0.15) is 6.10 Å². The minimum atomic E-state index is -3.07. The molecule has 1 aromatic rings. The van der Waals surface area contributed by atoms with Crippen molar-refractivity contribution < 1.29 is 17.9 Å². The summed E-state index contributed by atoms with van der Waals surface area (Å²) in [6.45, 7) is 1.08. The predicted octanol–water partition coefficient (Wildman–Crippen LogP) is -0.268. The van der Waals surface area contributed by atoms with Gasteiger partial charge in [-0.25, -0.2) is 13.5 Å². The third-order valence-corrected chi connectivity index (χ3v) is 2.82. The number of sulfone groups is 1. The highest BCUT2D eigenvalue weighted by molar-refractivity contribution is 7.89. The summed E-state index contributed by atoms with van der Waals surface area (Å²) in [7, 11) is -3.07. The second-order valence-electron chi connectivity index (χ2n) is 3.57. The van der Waals surface area contributed by atoms with Crippen molar-refractivity contribution in [2.24, 2.45) is 0 Å². The normalized spacial score (nSPS) is 17.4. The molecule has 0 spiro atoms. The van der Waals surface area contributed by atoms with E-state index in [1.807, 2.05) is 0 Å². The zero-order chi connectivity index (χ0) is 10.9. The monoisotopic (exact) mass is 232 g/mol. The average molecular weight is 232 g/mol. The standard InChI is InChI=1S/C8H12N2O4S/c1-15(11,12)5-6-2-9-10-8(6)14-7-3-13-4-7/h2,7H,3-5H2,1H3,(H,9,10). The van der Waals surface area contributed by atoms with Crippen molar-refractivity contribution in [3.05, 3.63) is 11.8 Å². The number of ether oxygens (including phenoxy) is 2. The Morgan fingerprint density at radius 1 is 1.67 bits per heavy atom. The molecule has 6 nitrogen and oxygen atoms in total. The van der Waals surface area contributed by atoms with Crippen LogP contribution in [-0.2, 0) is 20.3 Å². The second kappa shape index (κ2) is 3.82. The molecule has 1 aromatic heterocycles. The quantitative estimate of drug-likeness (QED) is 0.773. The molecule has 2 heterocycles. The van der Waals surface area contributed by atoms with E-state index in [1.165, 1.54) is 12.5 Å². The van der Waals surface area contributed by atoms with E-state index >= 15 is 0 Å². The van der Waals surface area contributed by atoms with Gasteiger partial charge in [-0.2, -0.15) is 5.10 Å². The first-order valence-corrected chi connectivity index (χ1v) is 6.55. The summed E-state index contributed by atoms with van der Waals surface area (Å²) in [6.07, 6.45) is 2.65. The van der Waals surface area contributed by atoms with Gasteiger partial charge in [0, 0.05) is 11.8 Å². The summed E-state index contributed by atoms with van der Waals surface area (Å²) < 4.78 is 32.6. The van der Waals surface area contributed by atoms with Crippen LogP contribution in [0.4, 0.5) is 0 Å². The van der Waals surface area contributed by atoms with Gasteiger partial charge >= 0.3 is 0 Å². The highest BCUT2D eigenvalue weighted by atomic mass is 32.2. The fraction of sp³-hybridized carbons (Fsp3) is 0.625. The Balaban J connectivity index is 2.07. The van der Waals surface area contributed by atoms with E-state index in [0.29, 0.717) is 24.7 Å². The second-order valence-corrected chi connectivity index (χ2v) is 5.71. The number of aromatic nitrogens is 2. The lowest BCUT2D eigenvalue weighted by molar-refractivity contribution is -0.0816. The molecule has 1 aliphatic rings. The van der Waals surface area contributed by atoms with Crippen LogP contribution in [0.3, 0.4) is 0 Å². The molecule has 84 valence electrons. The van der Waals surface area contributed by atoms with Crippen LogP contribution in [0, 0.1) is 0 Å². The van der Waals surface area contributed by atoms with Crippen LogP contribution in [0.25, 0.3) is 0 Å². The van der Waals surface area contributed by atoms with Crippen molar-refractivity contribution in [2.75, 3.05) is 19.5 Å². The molecule has 0 unspecified atom stereocenters. The molecule has 1 saturated heterocycles. The molecule has 2 rings (SSSR count). The summed E-state index contributed by atoms with van der Waals surface area (Å²) in [5, 5.41) is 6.40. The van der Waals surface area contributed by atoms with Crippen LogP contribution < -0.4 is 4.74 Å². The van der Waals surface area contributed by atoms with E-state index in [0.717, 1.165) is 0 Å². The van der Waals surface area contributed by atoms with E-state index in [1.54, 1.807) is 0 Å². The molecule has 0 atom stereocenters. The minimum Gasteiger partial charge on any atom is -0.470 e. The number of rotatable bonds is 4. The number of H-pyrrole nitrogens is 1. The Bertz CT molecular complexity index is 435. The van der Waals surface area contributed by atoms with Gasteiger partial charge in [-0.05, 0) is 0 Å². The van der Waals surface area contributed by atoms with E-state index in [4.69, 9.17) is 9.47 Å². The van der Waals surface area contributed by atoms with Gasteiger partial charge in [-0.3, -0.25) is 0 Å². The summed E-state index contributed by atoms with van der Waals surface area (Å²) in [6, 6.07) is 0. The zero-order valence-electron chi connectivity index (χ0n) is 8.26. The van der Waals surface area contributed by atoms with Crippen molar-refractivity contribution in [3.63, 3.8) is 0 Å². The van der Waals surface area contributed by atoms with Crippen LogP contribution in [0.15, 0.2) is 6.20 Å². The average Bonchev–Trinajstić information content (AvgIpc) is 2.42. The molecule has 1 N–H and O–H groups in total. The van der Waals surface area contributed by atoms with Gasteiger partial charge in [0.25, 0.3) is 0 Å². The molecular formula is C8H12N2O4S. The Morgan fingerprint density at radius 3 is 2.93 bits per heavy atom. The van der Waals surface area contributed by atoms with Gasteiger partial charge < -0.3 is 9.47 Å². The van der Waals surface area contributed by atoms with E-state index in [-0.39, 0.29) is 11.9 Å². The van der Waals surface area contributed by atoms with Gasteiger partial charge in [-0.1, -0.05) is 0 Å². The number of hydrogen-bond donors (Lipinski definition) is 1. The smallest absolute Gasteiger partial charge is 0.213 e. The summed E-state index contributed by atoms with van der Waals surface area (Å²) in [5.41, 5.74) is 0.560. The number of nitrogens with zero attached hydrogens (tertiary/aromatic N) is 1. The molecule has 7 heteroatoms. The summed E-state index contributed by atoms with van der Waals surface area (Å²) >= 11 is 0. The Labute approximate surface area is 87.5 Å². The van der Waals surface area contributed by atoms with Gasteiger partial charge in [0.2, 0.25) is 5.88 Å².